The van der Waals surface area contributed by atoms with Crippen molar-refractivity contribution in [3.8, 4) is 0 Å². The lowest BCUT2D eigenvalue weighted by molar-refractivity contribution is 0.150. The highest BCUT2D eigenvalue weighted by atomic mass is 32.2. The molecule has 1 heterocycles. The van der Waals surface area contributed by atoms with Crippen LogP contribution < -0.4 is 11.1 Å². The zero-order chi connectivity index (χ0) is 10.8. The van der Waals surface area contributed by atoms with E-state index in [2.05, 4.69) is 38.7 Å². The van der Waals surface area contributed by atoms with Crippen LogP contribution in [0.5, 0.6) is 0 Å². The Morgan fingerprint density at radius 2 is 2.36 bits per heavy atom. The van der Waals surface area contributed by atoms with Crippen LogP contribution in [0.25, 0.3) is 0 Å². The molecule has 0 aromatic rings. The molecule has 1 unspecified atom stereocenters. The van der Waals surface area contributed by atoms with Gasteiger partial charge in [0.05, 0.1) is 4.24 Å². The van der Waals surface area contributed by atoms with Crippen LogP contribution in [0.4, 0.5) is 0 Å². The van der Waals surface area contributed by atoms with Crippen LogP contribution in [0.15, 0.2) is 22.4 Å². The van der Waals surface area contributed by atoms with Crippen LogP contribution in [0.3, 0.4) is 0 Å². The SMILES string of the molecule is CC(C)(C)C1=CNC(S/C(S)=C/N)O1. The van der Waals surface area contributed by atoms with Crippen LogP contribution in [0, 0.1) is 5.41 Å². The van der Waals surface area contributed by atoms with Gasteiger partial charge in [0.1, 0.15) is 5.76 Å². The predicted octanol–water partition coefficient (Wildman–Crippen LogP) is 2.20. The number of hydrogen-bond donors (Lipinski definition) is 3. The molecule has 0 saturated heterocycles. The Labute approximate surface area is 94.6 Å². The fraction of sp³-hybridized carbons (Fsp3) is 0.556. The molecule has 0 fully saturated rings. The van der Waals surface area contributed by atoms with Gasteiger partial charge in [0.15, 0.2) is 0 Å². The molecule has 0 bridgehead atoms. The summed E-state index contributed by atoms with van der Waals surface area (Å²) >= 11 is 5.61. The van der Waals surface area contributed by atoms with Gasteiger partial charge in [0.2, 0.25) is 5.56 Å². The largest absolute Gasteiger partial charge is 0.463 e. The predicted molar refractivity (Wildman–Crippen MR) is 64.4 cm³/mol. The second-order valence-corrected chi connectivity index (χ2v) is 5.89. The molecule has 1 rings (SSSR count). The Balaban J connectivity index is 2.47. The Bertz CT molecular complexity index is 268. The summed E-state index contributed by atoms with van der Waals surface area (Å²) in [7, 11) is 0. The molecule has 1 aliphatic rings. The third-order valence-corrected chi connectivity index (χ3v) is 2.98. The lowest BCUT2D eigenvalue weighted by Crippen LogP contribution is -2.17. The average Bonchev–Trinajstić information content (AvgIpc) is 2.51. The van der Waals surface area contributed by atoms with Crippen molar-refractivity contribution in [2.45, 2.75) is 26.3 Å². The normalized spacial score (nSPS) is 22.7. The van der Waals surface area contributed by atoms with E-state index in [1.54, 1.807) is 0 Å². The molecule has 0 aliphatic carbocycles. The zero-order valence-electron chi connectivity index (χ0n) is 8.57. The third kappa shape index (κ3) is 3.06. The van der Waals surface area contributed by atoms with Gasteiger partial charge in [0, 0.05) is 17.8 Å². The number of ether oxygens (including phenoxy) is 1. The van der Waals surface area contributed by atoms with E-state index in [-0.39, 0.29) is 11.0 Å². The summed E-state index contributed by atoms with van der Waals surface area (Å²) in [4.78, 5) is 0. The maximum absolute atomic E-state index is 5.67. The molecule has 0 aromatic carbocycles. The highest BCUT2D eigenvalue weighted by Gasteiger charge is 2.27. The number of hydrogen-bond acceptors (Lipinski definition) is 5. The number of thioether (sulfide) groups is 1. The van der Waals surface area contributed by atoms with Gasteiger partial charge in [0.25, 0.3) is 0 Å². The van der Waals surface area contributed by atoms with Gasteiger partial charge in [-0.3, -0.25) is 0 Å². The minimum Gasteiger partial charge on any atom is -0.463 e. The topological polar surface area (TPSA) is 47.3 Å². The molecule has 80 valence electrons. The molecule has 1 atom stereocenters. The summed E-state index contributed by atoms with van der Waals surface area (Å²) in [5.74, 6) is 0.952. The average molecular weight is 232 g/mol. The van der Waals surface area contributed by atoms with E-state index in [1.807, 2.05) is 6.20 Å². The number of rotatable bonds is 2. The molecule has 0 aromatic heterocycles. The first-order valence-electron chi connectivity index (χ1n) is 4.34. The summed E-state index contributed by atoms with van der Waals surface area (Å²) in [6.07, 6.45) is 3.35. The van der Waals surface area contributed by atoms with Gasteiger partial charge >= 0.3 is 0 Å². The van der Waals surface area contributed by atoms with E-state index in [0.717, 1.165) is 10.00 Å². The summed E-state index contributed by atoms with van der Waals surface area (Å²) in [6, 6.07) is 0. The molecule has 14 heavy (non-hydrogen) atoms. The fourth-order valence-corrected chi connectivity index (χ4v) is 1.80. The number of nitrogens with one attached hydrogen (secondary N) is 1. The van der Waals surface area contributed by atoms with E-state index in [4.69, 9.17) is 10.5 Å². The maximum atomic E-state index is 5.67. The van der Waals surface area contributed by atoms with Crippen molar-refractivity contribution in [1.29, 1.82) is 0 Å². The summed E-state index contributed by atoms with van der Waals surface area (Å²) in [5.41, 5.74) is 5.23. The first-order valence-corrected chi connectivity index (χ1v) is 5.67. The van der Waals surface area contributed by atoms with Crippen molar-refractivity contribution in [3.63, 3.8) is 0 Å². The van der Waals surface area contributed by atoms with Crippen LogP contribution >= 0.6 is 24.4 Å². The Morgan fingerprint density at radius 1 is 1.71 bits per heavy atom. The fourth-order valence-electron chi connectivity index (χ4n) is 0.927. The minimum absolute atomic E-state index is 0.0332. The summed E-state index contributed by atoms with van der Waals surface area (Å²) in [5, 5.41) is 3.11. The molecular formula is C9H16N2OS2. The van der Waals surface area contributed by atoms with Gasteiger partial charge in [-0.2, -0.15) is 0 Å². The minimum atomic E-state index is -0.114. The van der Waals surface area contributed by atoms with Crippen molar-refractivity contribution in [3.05, 3.63) is 22.4 Å². The molecule has 0 saturated carbocycles. The van der Waals surface area contributed by atoms with Crippen molar-refractivity contribution in [1.82, 2.24) is 5.32 Å². The van der Waals surface area contributed by atoms with E-state index >= 15 is 0 Å². The van der Waals surface area contributed by atoms with Crippen molar-refractivity contribution < 1.29 is 4.74 Å². The summed E-state index contributed by atoms with van der Waals surface area (Å²) in [6.45, 7) is 6.32. The summed E-state index contributed by atoms with van der Waals surface area (Å²) < 4.78 is 6.41. The molecule has 3 nitrogen and oxygen atoms in total. The monoisotopic (exact) mass is 232 g/mol. The highest BCUT2D eigenvalue weighted by Crippen LogP contribution is 2.34. The molecular weight excluding hydrogens is 216 g/mol. The standard InChI is InChI=1S/C9H16N2OS2/c1-9(2,3)6-5-11-8(12-6)14-7(13)4-10/h4-5,8,11,13H,10H2,1-3H3/b7-4+. The van der Waals surface area contributed by atoms with Crippen molar-refractivity contribution in [2.24, 2.45) is 11.1 Å². The second kappa shape index (κ2) is 4.40. The van der Waals surface area contributed by atoms with E-state index < -0.39 is 0 Å². The van der Waals surface area contributed by atoms with Gasteiger partial charge in [-0.15, -0.1) is 12.6 Å². The number of thiol groups is 1. The smallest absolute Gasteiger partial charge is 0.223 e. The third-order valence-electron chi connectivity index (χ3n) is 1.69. The Morgan fingerprint density at radius 3 is 2.79 bits per heavy atom. The molecule has 0 radical (unpaired) electrons. The molecule has 0 spiro atoms. The zero-order valence-corrected chi connectivity index (χ0v) is 10.3. The van der Waals surface area contributed by atoms with Crippen molar-refractivity contribution >= 4 is 24.4 Å². The van der Waals surface area contributed by atoms with Crippen molar-refractivity contribution in [2.75, 3.05) is 0 Å². The molecule has 3 N–H and O–H groups in total. The Hall–Kier alpha value is -0.420. The van der Waals surface area contributed by atoms with Crippen LogP contribution in [0.1, 0.15) is 20.8 Å². The van der Waals surface area contributed by atoms with Gasteiger partial charge in [-0.25, -0.2) is 0 Å². The van der Waals surface area contributed by atoms with E-state index in [9.17, 15) is 0 Å². The number of nitrogens with two attached hydrogens (primary N) is 1. The first kappa shape index (κ1) is 11.7. The highest BCUT2D eigenvalue weighted by molar-refractivity contribution is 8.15. The van der Waals surface area contributed by atoms with Gasteiger partial charge in [-0.1, -0.05) is 32.5 Å². The first-order chi connectivity index (χ1) is 6.43. The lowest BCUT2D eigenvalue weighted by Gasteiger charge is -2.20. The quantitative estimate of drug-likeness (QED) is 0.639. The molecule has 1 aliphatic heterocycles. The Kier molecular flexibility index (Phi) is 3.66. The van der Waals surface area contributed by atoms with Gasteiger partial charge < -0.3 is 15.8 Å². The van der Waals surface area contributed by atoms with Crippen LogP contribution in [-0.2, 0) is 4.74 Å². The molecule has 5 heteroatoms. The van der Waals surface area contributed by atoms with Crippen LogP contribution in [-0.4, -0.2) is 5.56 Å². The van der Waals surface area contributed by atoms with E-state index in [1.165, 1.54) is 18.0 Å². The number of allylic oxidation sites excluding steroid dienone is 1. The van der Waals surface area contributed by atoms with Crippen LogP contribution in [0.2, 0.25) is 0 Å². The molecule has 0 amide bonds. The van der Waals surface area contributed by atoms with E-state index in [0.29, 0.717) is 0 Å². The second-order valence-electron chi connectivity index (χ2n) is 4.00. The lowest BCUT2D eigenvalue weighted by atomic mass is 9.95. The maximum Gasteiger partial charge on any atom is 0.223 e. The van der Waals surface area contributed by atoms with Gasteiger partial charge in [-0.05, 0) is 0 Å².